The van der Waals surface area contributed by atoms with Crippen molar-refractivity contribution in [2.75, 3.05) is 6.61 Å². The second-order valence-corrected chi connectivity index (χ2v) is 4.28. The molecule has 0 amide bonds. The third kappa shape index (κ3) is 2.10. The second-order valence-electron chi connectivity index (χ2n) is 4.28. The van der Waals surface area contributed by atoms with E-state index in [1.165, 1.54) is 18.4 Å². The fourth-order valence-corrected chi connectivity index (χ4v) is 2.12. The zero-order valence-electron chi connectivity index (χ0n) is 8.21. The maximum atomic E-state index is 9.13. The Labute approximate surface area is 75.5 Å². The van der Waals surface area contributed by atoms with Crippen LogP contribution in [0, 0.1) is 17.8 Å². The summed E-state index contributed by atoms with van der Waals surface area (Å²) in [4.78, 5) is 0. The van der Waals surface area contributed by atoms with Gasteiger partial charge in [-0.15, -0.1) is 0 Å². The predicted octanol–water partition coefficient (Wildman–Crippen LogP) is 2.61. The van der Waals surface area contributed by atoms with Gasteiger partial charge in [-0.3, -0.25) is 0 Å². The van der Waals surface area contributed by atoms with Crippen molar-refractivity contribution in [3.63, 3.8) is 0 Å². The van der Waals surface area contributed by atoms with Crippen LogP contribution >= 0.6 is 0 Å². The molecule has 1 nitrogen and oxygen atoms in total. The van der Waals surface area contributed by atoms with Crippen molar-refractivity contribution in [1.29, 1.82) is 0 Å². The second kappa shape index (κ2) is 4.08. The first kappa shape index (κ1) is 9.79. The molecular formula is C11H20O. The van der Waals surface area contributed by atoms with Crippen LogP contribution < -0.4 is 0 Å². The van der Waals surface area contributed by atoms with E-state index in [2.05, 4.69) is 20.4 Å². The molecule has 0 heterocycles. The number of allylic oxidation sites excluding steroid dienone is 1. The molecule has 0 aliphatic heterocycles. The minimum Gasteiger partial charge on any atom is -0.396 e. The van der Waals surface area contributed by atoms with Crippen LogP contribution in [-0.2, 0) is 0 Å². The maximum absolute atomic E-state index is 9.13. The van der Waals surface area contributed by atoms with Gasteiger partial charge in [-0.05, 0) is 43.9 Å². The predicted molar refractivity (Wildman–Crippen MR) is 51.9 cm³/mol. The molecule has 70 valence electrons. The Morgan fingerprint density at radius 2 is 2.17 bits per heavy atom. The van der Waals surface area contributed by atoms with E-state index in [1.807, 2.05) is 0 Å². The van der Waals surface area contributed by atoms with Gasteiger partial charge in [0, 0.05) is 6.61 Å². The van der Waals surface area contributed by atoms with Crippen molar-refractivity contribution in [3.05, 3.63) is 12.2 Å². The minimum absolute atomic E-state index is 0.352. The standard InChI is InChI=1S/C11H20O/c1-8(2)10-5-4-9(3)11(6-10)7-12/h9-12H,1,4-7H2,2-3H3/t9-,10-,11-/m1/s1. The number of hydrogen-bond acceptors (Lipinski definition) is 1. The molecule has 1 heteroatoms. The zero-order chi connectivity index (χ0) is 9.14. The summed E-state index contributed by atoms with van der Waals surface area (Å²) in [6, 6.07) is 0. The third-order valence-corrected chi connectivity index (χ3v) is 3.29. The third-order valence-electron chi connectivity index (χ3n) is 3.29. The lowest BCUT2D eigenvalue weighted by Crippen LogP contribution is -2.25. The van der Waals surface area contributed by atoms with E-state index < -0.39 is 0 Å². The van der Waals surface area contributed by atoms with E-state index in [0.717, 1.165) is 6.42 Å². The first-order valence-corrected chi connectivity index (χ1v) is 4.91. The van der Waals surface area contributed by atoms with Crippen LogP contribution in [0.1, 0.15) is 33.1 Å². The van der Waals surface area contributed by atoms with Crippen molar-refractivity contribution >= 4 is 0 Å². The average molecular weight is 168 g/mol. The molecule has 0 radical (unpaired) electrons. The van der Waals surface area contributed by atoms with E-state index in [9.17, 15) is 0 Å². The summed E-state index contributed by atoms with van der Waals surface area (Å²) < 4.78 is 0. The van der Waals surface area contributed by atoms with Gasteiger partial charge < -0.3 is 5.11 Å². The van der Waals surface area contributed by atoms with Crippen LogP contribution in [0.4, 0.5) is 0 Å². The van der Waals surface area contributed by atoms with Crippen molar-refractivity contribution in [2.45, 2.75) is 33.1 Å². The Kier molecular flexibility index (Phi) is 3.33. The van der Waals surface area contributed by atoms with Gasteiger partial charge in [0.1, 0.15) is 0 Å². The monoisotopic (exact) mass is 168 g/mol. The van der Waals surface area contributed by atoms with Crippen LogP contribution in [-0.4, -0.2) is 11.7 Å². The molecule has 1 N–H and O–H groups in total. The molecular weight excluding hydrogens is 148 g/mol. The summed E-state index contributed by atoms with van der Waals surface area (Å²) in [6.45, 7) is 8.69. The Morgan fingerprint density at radius 3 is 2.67 bits per heavy atom. The summed E-state index contributed by atoms with van der Waals surface area (Å²) in [5.41, 5.74) is 1.29. The molecule has 0 aromatic heterocycles. The first-order chi connectivity index (χ1) is 5.65. The Balaban J connectivity index is 2.49. The van der Waals surface area contributed by atoms with E-state index in [4.69, 9.17) is 5.11 Å². The normalized spacial score (nSPS) is 36.4. The molecule has 3 atom stereocenters. The van der Waals surface area contributed by atoms with Gasteiger partial charge in [-0.25, -0.2) is 0 Å². The Hall–Kier alpha value is -0.300. The minimum atomic E-state index is 0.352. The molecule has 0 saturated heterocycles. The van der Waals surface area contributed by atoms with Crippen LogP contribution in [0.15, 0.2) is 12.2 Å². The molecule has 1 saturated carbocycles. The molecule has 1 fully saturated rings. The number of rotatable bonds is 2. The van der Waals surface area contributed by atoms with Crippen molar-refractivity contribution in [3.8, 4) is 0 Å². The fraction of sp³-hybridized carbons (Fsp3) is 0.818. The lowest BCUT2D eigenvalue weighted by molar-refractivity contribution is 0.124. The number of aliphatic hydroxyl groups is 1. The van der Waals surface area contributed by atoms with Gasteiger partial charge in [-0.2, -0.15) is 0 Å². The highest BCUT2D eigenvalue weighted by molar-refractivity contribution is 4.99. The summed E-state index contributed by atoms with van der Waals surface area (Å²) >= 11 is 0. The van der Waals surface area contributed by atoms with Gasteiger partial charge >= 0.3 is 0 Å². The summed E-state index contributed by atoms with van der Waals surface area (Å²) in [6.07, 6.45) is 3.67. The van der Waals surface area contributed by atoms with Crippen molar-refractivity contribution in [1.82, 2.24) is 0 Å². The number of aliphatic hydroxyl groups excluding tert-OH is 1. The SMILES string of the molecule is C=C(C)[C@@H]1CC[C@@H](C)[C@@H](CO)C1. The van der Waals surface area contributed by atoms with Gasteiger partial charge in [0.15, 0.2) is 0 Å². The summed E-state index contributed by atoms with van der Waals surface area (Å²) in [7, 11) is 0. The Bertz CT molecular complexity index is 162. The molecule has 12 heavy (non-hydrogen) atoms. The lowest BCUT2D eigenvalue weighted by Gasteiger charge is -2.33. The molecule has 0 unspecified atom stereocenters. The Morgan fingerprint density at radius 1 is 1.50 bits per heavy atom. The molecule has 1 rings (SSSR count). The fourth-order valence-electron chi connectivity index (χ4n) is 2.12. The highest BCUT2D eigenvalue weighted by Gasteiger charge is 2.27. The first-order valence-electron chi connectivity index (χ1n) is 4.91. The quantitative estimate of drug-likeness (QED) is 0.628. The lowest BCUT2D eigenvalue weighted by atomic mass is 9.73. The highest BCUT2D eigenvalue weighted by Crippen LogP contribution is 2.36. The van der Waals surface area contributed by atoms with Crippen LogP contribution in [0.3, 0.4) is 0 Å². The van der Waals surface area contributed by atoms with E-state index in [-0.39, 0.29) is 0 Å². The smallest absolute Gasteiger partial charge is 0.0462 e. The molecule has 1 aliphatic rings. The average Bonchev–Trinajstić information content (AvgIpc) is 2.05. The molecule has 1 aliphatic carbocycles. The van der Waals surface area contributed by atoms with Gasteiger partial charge in [0.2, 0.25) is 0 Å². The maximum Gasteiger partial charge on any atom is 0.0462 e. The van der Waals surface area contributed by atoms with E-state index in [1.54, 1.807) is 0 Å². The van der Waals surface area contributed by atoms with E-state index >= 15 is 0 Å². The summed E-state index contributed by atoms with van der Waals surface area (Å²) in [5, 5.41) is 9.13. The molecule has 0 aromatic carbocycles. The van der Waals surface area contributed by atoms with Crippen molar-refractivity contribution < 1.29 is 5.11 Å². The highest BCUT2D eigenvalue weighted by atomic mass is 16.3. The topological polar surface area (TPSA) is 20.2 Å². The molecule has 0 aromatic rings. The van der Waals surface area contributed by atoms with Gasteiger partial charge in [0.05, 0.1) is 0 Å². The van der Waals surface area contributed by atoms with Gasteiger partial charge in [-0.1, -0.05) is 19.1 Å². The summed E-state index contributed by atoms with van der Waals surface area (Å²) in [5.74, 6) is 1.88. The zero-order valence-corrected chi connectivity index (χ0v) is 8.21. The van der Waals surface area contributed by atoms with Crippen LogP contribution in [0.25, 0.3) is 0 Å². The van der Waals surface area contributed by atoms with Gasteiger partial charge in [0.25, 0.3) is 0 Å². The van der Waals surface area contributed by atoms with E-state index in [0.29, 0.717) is 24.4 Å². The van der Waals surface area contributed by atoms with Crippen LogP contribution in [0.2, 0.25) is 0 Å². The molecule has 0 bridgehead atoms. The van der Waals surface area contributed by atoms with Crippen molar-refractivity contribution in [2.24, 2.45) is 17.8 Å². The largest absolute Gasteiger partial charge is 0.396 e. The molecule has 0 spiro atoms. The van der Waals surface area contributed by atoms with Crippen LogP contribution in [0.5, 0.6) is 0 Å². The number of hydrogen-bond donors (Lipinski definition) is 1.